The van der Waals surface area contributed by atoms with Gasteiger partial charge in [0.1, 0.15) is 6.29 Å². The molecule has 2 rings (SSSR count). The first-order chi connectivity index (χ1) is 8.81. The molecule has 1 N–H and O–H groups in total. The lowest BCUT2D eigenvalue weighted by Crippen LogP contribution is -1.99. The second kappa shape index (κ2) is 5.82. The summed E-state index contributed by atoms with van der Waals surface area (Å²) in [6, 6.07) is 15.6. The molecule has 2 aromatic carbocycles. The van der Waals surface area contributed by atoms with Gasteiger partial charge in [0.25, 0.3) is 0 Å². The van der Waals surface area contributed by atoms with Crippen molar-refractivity contribution in [2.24, 2.45) is 0 Å². The second-order valence-electron chi connectivity index (χ2n) is 4.04. The van der Waals surface area contributed by atoms with Gasteiger partial charge >= 0.3 is 0 Å². The normalized spacial score (nSPS) is 9.78. The van der Waals surface area contributed by atoms with Crippen molar-refractivity contribution in [2.45, 2.75) is 6.54 Å². The van der Waals surface area contributed by atoms with Crippen LogP contribution in [0.5, 0.6) is 0 Å². The number of rotatable bonds is 5. The smallest absolute Gasteiger partial charge is 0.150 e. The number of hydrogen-bond acceptors (Lipinski definition) is 2. The third-order valence-electron chi connectivity index (χ3n) is 2.76. The Bertz CT molecular complexity index is 475. The minimum atomic E-state index is 0.691. The van der Waals surface area contributed by atoms with Gasteiger partial charge in [0.2, 0.25) is 0 Å². The highest BCUT2D eigenvalue weighted by molar-refractivity contribution is 5.75. The van der Waals surface area contributed by atoms with Crippen molar-refractivity contribution in [3.63, 3.8) is 0 Å². The van der Waals surface area contributed by atoms with Gasteiger partial charge in [-0.1, -0.05) is 36.9 Å². The molecule has 0 radical (unpaired) electrons. The number of carbonyl (C=O) groups excluding carboxylic acids is 1. The fraction of sp³-hybridized carbons (Fsp3) is 0.0625. The fourth-order valence-corrected chi connectivity index (χ4v) is 1.66. The van der Waals surface area contributed by atoms with Crippen LogP contribution < -0.4 is 5.32 Å². The van der Waals surface area contributed by atoms with Crippen molar-refractivity contribution in [3.8, 4) is 0 Å². The Morgan fingerprint density at radius 3 is 2.11 bits per heavy atom. The zero-order valence-corrected chi connectivity index (χ0v) is 10.1. The Balaban J connectivity index is 1.97. The summed E-state index contributed by atoms with van der Waals surface area (Å²) in [5, 5.41) is 3.31. The summed E-state index contributed by atoms with van der Waals surface area (Å²) in [4.78, 5) is 10.5. The molecule has 90 valence electrons. The van der Waals surface area contributed by atoms with Crippen LogP contribution >= 0.6 is 0 Å². The summed E-state index contributed by atoms with van der Waals surface area (Å²) in [5.41, 5.74) is 4.03. The van der Waals surface area contributed by atoms with Crippen molar-refractivity contribution >= 4 is 18.0 Å². The van der Waals surface area contributed by atoms with E-state index in [-0.39, 0.29) is 0 Å². The number of anilines is 1. The Hall–Kier alpha value is -2.35. The first-order valence-corrected chi connectivity index (χ1v) is 5.82. The number of carbonyl (C=O) groups is 1. The van der Waals surface area contributed by atoms with Crippen LogP contribution in [0.25, 0.3) is 6.08 Å². The lowest BCUT2D eigenvalue weighted by atomic mass is 10.1. The Morgan fingerprint density at radius 1 is 0.944 bits per heavy atom. The van der Waals surface area contributed by atoms with Crippen LogP contribution in [0.4, 0.5) is 5.69 Å². The van der Waals surface area contributed by atoms with Gasteiger partial charge in [0.15, 0.2) is 0 Å². The van der Waals surface area contributed by atoms with E-state index in [9.17, 15) is 4.79 Å². The lowest BCUT2D eigenvalue weighted by molar-refractivity contribution is 0.112. The third-order valence-corrected chi connectivity index (χ3v) is 2.76. The molecule has 18 heavy (non-hydrogen) atoms. The lowest BCUT2D eigenvalue weighted by Gasteiger charge is -2.07. The quantitative estimate of drug-likeness (QED) is 0.802. The number of nitrogens with one attached hydrogen (secondary N) is 1. The molecule has 2 nitrogen and oxygen atoms in total. The maximum Gasteiger partial charge on any atom is 0.150 e. The Labute approximate surface area is 107 Å². The molecule has 0 aromatic heterocycles. The molecular formula is C16H15NO. The van der Waals surface area contributed by atoms with Crippen LogP contribution in [0.3, 0.4) is 0 Å². The summed E-state index contributed by atoms with van der Waals surface area (Å²) in [6.07, 6.45) is 2.67. The van der Waals surface area contributed by atoms with Crippen molar-refractivity contribution < 1.29 is 4.79 Å². The average molecular weight is 237 g/mol. The minimum Gasteiger partial charge on any atom is -0.381 e. The van der Waals surface area contributed by atoms with E-state index in [1.54, 1.807) is 12.1 Å². The maximum absolute atomic E-state index is 10.5. The van der Waals surface area contributed by atoms with E-state index < -0.39 is 0 Å². The van der Waals surface area contributed by atoms with Crippen LogP contribution in [0.15, 0.2) is 55.1 Å². The molecule has 0 heterocycles. The molecule has 0 aliphatic heterocycles. The molecule has 0 spiro atoms. The standard InChI is InChI=1S/C16H15NO/c1-2-13-3-5-14(6-4-13)11-17-16-9-7-15(12-18)8-10-16/h2-10,12,17H,1,11H2. The zero-order valence-electron chi connectivity index (χ0n) is 10.1. The highest BCUT2D eigenvalue weighted by Gasteiger charge is 1.95. The zero-order chi connectivity index (χ0) is 12.8. The monoisotopic (exact) mass is 237 g/mol. The van der Waals surface area contributed by atoms with Gasteiger partial charge in [-0.05, 0) is 35.4 Å². The summed E-state index contributed by atoms with van der Waals surface area (Å²) in [7, 11) is 0. The molecule has 0 aliphatic rings. The summed E-state index contributed by atoms with van der Waals surface area (Å²) in [6.45, 7) is 4.49. The molecule has 0 fully saturated rings. The average Bonchev–Trinajstić information content (AvgIpc) is 2.46. The molecule has 0 saturated heterocycles. The summed E-state index contributed by atoms with van der Waals surface area (Å²) < 4.78 is 0. The Morgan fingerprint density at radius 2 is 1.56 bits per heavy atom. The van der Waals surface area contributed by atoms with E-state index >= 15 is 0 Å². The first-order valence-electron chi connectivity index (χ1n) is 5.82. The van der Waals surface area contributed by atoms with Gasteiger partial charge < -0.3 is 5.32 Å². The second-order valence-corrected chi connectivity index (χ2v) is 4.04. The van der Waals surface area contributed by atoms with E-state index in [0.717, 1.165) is 24.1 Å². The van der Waals surface area contributed by atoms with Gasteiger partial charge in [0, 0.05) is 17.8 Å². The Kier molecular flexibility index (Phi) is 3.92. The van der Waals surface area contributed by atoms with Crippen LogP contribution in [-0.2, 0) is 6.54 Å². The summed E-state index contributed by atoms with van der Waals surface area (Å²) >= 11 is 0. The van der Waals surface area contributed by atoms with E-state index in [1.165, 1.54) is 5.56 Å². The molecular weight excluding hydrogens is 222 g/mol. The molecule has 0 aliphatic carbocycles. The van der Waals surface area contributed by atoms with Gasteiger partial charge in [-0.15, -0.1) is 0 Å². The minimum absolute atomic E-state index is 0.691. The molecule has 0 bridgehead atoms. The molecule has 0 saturated carbocycles. The first kappa shape index (κ1) is 12.1. The number of aldehydes is 1. The van der Waals surface area contributed by atoms with Crippen LogP contribution in [0.2, 0.25) is 0 Å². The van der Waals surface area contributed by atoms with Crippen LogP contribution in [-0.4, -0.2) is 6.29 Å². The largest absolute Gasteiger partial charge is 0.381 e. The van der Waals surface area contributed by atoms with E-state index in [2.05, 4.69) is 24.0 Å². The van der Waals surface area contributed by atoms with Crippen molar-refractivity contribution in [2.75, 3.05) is 5.32 Å². The maximum atomic E-state index is 10.5. The van der Waals surface area contributed by atoms with Crippen molar-refractivity contribution in [3.05, 3.63) is 71.8 Å². The van der Waals surface area contributed by atoms with Gasteiger partial charge in [-0.3, -0.25) is 4.79 Å². The highest BCUT2D eigenvalue weighted by Crippen LogP contribution is 2.11. The van der Waals surface area contributed by atoms with E-state index in [0.29, 0.717) is 5.56 Å². The van der Waals surface area contributed by atoms with Crippen molar-refractivity contribution in [1.29, 1.82) is 0 Å². The molecule has 2 heteroatoms. The van der Waals surface area contributed by atoms with Crippen LogP contribution in [0.1, 0.15) is 21.5 Å². The van der Waals surface area contributed by atoms with Gasteiger partial charge in [-0.25, -0.2) is 0 Å². The van der Waals surface area contributed by atoms with E-state index in [1.807, 2.05) is 30.3 Å². The number of hydrogen-bond donors (Lipinski definition) is 1. The molecule has 0 atom stereocenters. The topological polar surface area (TPSA) is 29.1 Å². The third kappa shape index (κ3) is 3.08. The molecule has 0 unspecified atom stereocenters. The molecule has 0 amide bonds. The van der Waals surface area contributed by atoms with Gasteiger partial charge in [-0.2, -0.15) is 0 Å². The van der Waals surface area contributed by atoms with E-state index in [4.69, 9.17) is 0 Å². The predicted molar refractivity (Wildman–Crippen MR) is 75.7 cm³/mol. The predicted octanol–water partition coefficient (Wildman–Crippen LogP) is 3.75. The SMILES string of the molecule is C=Cc1ccc(CNc2ccc(C=O)cc2)cc1. The molecule has 2 aromatic rings. The fourth-order valence-electron chi connectivity index (χ4n) is 1.66. The number of benzene rings is 2. The summed E-state index contributed by atoms with van der Waals surface area (Å²) in [5.74, 6) is 0. The van der Waals surface area contributed by atoms with Crippen molar-refractivity contribution in [1.82, 2.24) is 0 Å². The highest BCUT2D eigenvalue weighted by atomic mass is 16.1. The van der Waals surface area contributed by atoms with Crippen LogP contribution in [0, 0.1) is 0 Å². The van der Waals surface area contributed by atoms with Gasteiger partial charge in [0.05, 0.1) is 0 Å².